The SMILES string of the molecule is CC(C)C[C@](C)(N)COc1ccc(-c2cn(C)c3ncc(F)cc23)nc1C(F)F. The third-order valence-electron chi connectivity index (χ3n) is 4.58. The van der Waals surface area contributed by atoms with Gasteiger partial charge in [-0.05, 0) is 37.5 Å². The summed E-state index contributed by atoms with van der Waals surface area (Å²) in [4.78, 5) is 8.17. The Kier molecular flexibility index (Phi) is 5.84. The Hall–Kier alpha value is -2.61. The number of fused-ring (bicyclic) bond motifs is 1. The van der Waals surface area contributed by atoms with Crippen LogP contribution in [0.25, 0.3) is 22.3 Å². The van der Waals surface area contributed by atoms with Crippen molar-refractivity contribution in [3.05, 3.63) is 42.1 Å². The molecule has 8 heteroatoms. The van der Waals surface area contributed by atoms with E-state index in [4.69, 9.17) is 10.5 Å². The van der Waals surface area contributed by atoms with E-state index in [-0.39, 0.29) is 12.4 Å². The van der Waals surface area contributed by atoms with Crippen LogP contribution in [0.15, 0.2) is 30.6 Å². The van der Waals surface area contributed by atoms with E-state index in [0.717, 1.165) is 6.20 Å². The molecule has 0 radical (unpaired) electrons. The van der Waals surface area contributed by atoms with Crippen LogP contribution in [0.1, 0.15) is 39.3 Å². The van der Waals surface area contributed by atoms with Crippen molar-refractivity contribution in [1.82, 2.24) is 14.5 Å². The molecular weight excluding hydrogens is 381 g/mol. The Morgan fingerprint density at radius 1 is 1.28 bits per heavy atom. The highest BCUT2D eigenvalue weighted by atomic mass is 19.3. The van der Waals surface area contributed by atoms with E-state index in [2.05, 4.69) is 9.97 Å². The van der Waals surface area contributed by atoms with E-state index in [0.29, 0.717) is 34.6 Å². The summed E-state index contributed by atoms with van der Waals surface area (Å²) in [6.07, 6.45) is 0.664. The summed E-state index contributed by atoms with van der Waals surface area (Å²) in [6, 6.07) is 4.36. The quantitative estimate of drug-likeness (QED) is 0.609. The molecule has 0 aromatic carbocycles. The van der Waals surface area contributed by atoms with Crippen molar-refractivity contribution < 1.29 is 17.9 Å². The van der Waals surface area contributed by atoms with Crippen LogP contribution in [0.2, 0.25) is 0 Å². The molecule has 3 aromatic heterocycles. The smallest absolute Gasteiger partial charge is 0.284 e. The van der Waals surface area contributed by atoms with Crippen LogP contribution in [-0.2, 0) is 7.05 Å². The average molecular weight is 406 g/mol. The van der Waals surface area contributed by atoms with Gasteiger partial charge in [-0.3, -0.25) is 0 Å². The third kappa shape index (κ3) is 4.70. The molecular formula is C21H25F3N4O. The first-order valence-electron chi connectivity index (χ1n) is 9.39. The highest BCUT2D eigenvalue weighted by molar-refractivity contribution is 5.93. The van der Waals surface area contributed by atoms with Crippen LogP contribution in [0.5, 0.6) is 5.75 Å². The van der Waals surface area contributed by atoms with Crippen molar-refractivity contribution >= 4 is 11.0 Å². The van der Waals surface area contributed by atoms with Gasteiger partial charge in [0.1, 0.15) is 29.5 Å². The number of pyridine rings is 2. The minimum absolute atomic E-state index is 0.00581. The van der Waals surface area contributed by atoms with E-state index in [9.17, 15) is 13.2 Å². The van der Waals surface area contributed by atoms with Gasteiger partial charge in [0.05, 0.1) is 11.9 Å². The molecule has 5 nitrogen and oxygen atoms in total. The lowest BCUT2D eigenvalue weighted by molar-refractivity contribution is 0.134. The fraction of sp³-hybridized carbons (Fsp3) is 0.429. The van der Waals surface area contributed by atoms with Crippen LogP contribution in [0.4, 0.5) is 13.2 Å². The van der Waals surface area contributed by atoms with E-state index in [1.165, 1.54) is 12.1 Å². The standard InChI is InChI=1S/C21H25F3N4O/c1-12(2)8-21(3,25)11-29-17-6-5-16(27-18(17)19(23)24)15-10-28(4)20-14(15)7-13(22)9-26-20/h5-7,9-10,12,19H,8,11,25H2,1-4H3/t21-/m0/s1. The maximum atomic E-state index is 13.7. The summed E-state index contributed by atoms with van der Waals surface area (Å²) in [5.74, 6) is -0.163. The normalized spacial score (nSPS) is 14.0. The molecule has 156 valence electrons. The molecule has 0 bridgehead atoms. The van der Waals surface area contributed by atoms with Gasteiger partial charge in [0, 0.05) is 29.7 Å². The molecule has 0 aliphatic carbocycles. The number of nitrogens with two attached hydrogens (primary N) is 1. The van der Waals surface area contributed by atoms with Gasteiger partial charge in [-0.15, -0.1) is 0 Å². The number of hydrogen-bond donors (Lipinski definition) is 1. The average Bonchev–Trinajstić information content (AvgIpc) is 2.94. The number of hydrogen-bond acceptors (Lipinski definition) is 4. The Morgan fingerprint density at radius 3 is 2.66 bits per heavy atom. The highest BCUT2D eigenvalue weighted by Crippen LogP contribution is 2.34. The van der Waals surface area contributed by atoms with Gasteiger partial charge < -0.3 is 15.0 Å². The largest absolute Gasteiger partial charge is 0.490 e. The molecule has 0 amide bonds. The first-order chi connectivity index (χ1) is 13.6. The molecule has 0 spiro atoms. The number of aryl methyl sites for hydroxylation is 1. The number of alkyl halides is 2. The van der Waals surface area contributed by atoms with Crippen molar-refractivity contribution in [1.29, 1.82) is 0 Å². The lowest BCUT2D eigenvalue weighted by Crippen LogP contribution is -2.43. The Morgan fingerprint density at radius 2 is 2.00 bits per heavy atom. The lowest BCUT2D eigenvalue weighted by Gasteiger charge is -2.27. The van der Waals surface area contributed by atoms with Crippen molar-refractivity contribution in [2.24, 2.45) is 18.7 Å². The number of halogens is 3. The van der Waals surface area contributed by atoms with Crippen LogP contribution >= 0.6 is 0 Å². The van der Waals surface area contributed by atoms with Crippen molar-refractivity contribution in [3.8, 4) is 17.0 Å². The summed E-state index contributed by atoms with van der Waals surface area (Å²) < 4.78 is 48.4. The summed E-state index contributed by atoms with van der Waals surface area (Å²) in [7, 11) is 1.75. The van der Waals surface area contributed by atoms with Gasteiger partial charge in [-0.25, -0.2) is 23.1 Å². The van der Waals surface area contributed by atoms with E-state index in [1.54, 1.807) is 23.9 Å². The molecule has 29 heavy (non-hydrogen) atoms. The molecule has 2 N–H and O–H groups in total. The number of aromatic nitrogens is 3. The van der Waals surface area contributed by atoms with E-state index in [1.807, 2.05) is 20.8 Å². The Balaban J connectivity index is 1.96. The van der Waals surface area contributed by atoms with Crippen LogP contribution < -0.4 is 10.5 Å². The predicted octanol–water partition coefficient (Wildman–Crippen LogP) is 4.85. The van der Waals surface area contributed by atoms with Gasteiger partial charge in [-0.2, -0.15) is 0 Å². The monoisotopic (exact) mass is 406 g/mol. The van der Waals surface area contributed by atoms with Gasteiger partial charge in [-0.1, -0.05) is 13.8 Å². The second kappa shape index (κ2) is 8.02. The zero-order chi connectivity index (χ0) is 21.3. The van der Waals surface area contributed by atoms with E-state index < -0.39 is 23.5 Å². The predicted molar refractivity (Wildman–Crippen MR) is 106 cm³/mol. The van der Waals surface area contributed by atoms with Gasteiger partial charge in [0.25, 0.3) is 6.43 Å². The van der Waals surface area contributed by atoms with Gasteiger partial charge >= 0.3 is 0 Å². The van der Waals surface area contributed by atoms with Crippen LogP contribution in [-0.4, -0.2) is 26.7 Å². The minimum atomic E-state index is -2.83. The maximum Gasteiger partial charge on any atom is 0.284 e. The molecule has 0 fully saturated rings. The molecule has 0 unspecified atom stereocenters. The molecule has 3 rings (SSSR count). The fourth-order valence-electron chi connectivity index (χ4n) is 3.56. The highest BCUT2D eigenvalue weighted by Gasteiger charge is 2.24. The maximum absolute atomic E-state index is 13.7. The lowest BCUT2D eigenvalue weighted by atomic mass is 9.93. The van der Waals surface area contributed by atoms with Crippen molar-refractivity contribution in [2.75, 3.05) is 6.61 Å². The van der Waals surface area contributed by atoms with Gasteiger partial charge in [0.2, 0.25) is 0 Å². The summed E-state index contributed by atoms with van der Waals surface area (Å²) in [5.41, 5.74) is 6.45. The minimum Gasteiger partial charge on any atom is -0.490 e. The number of nitrogens with zero attached hydrogens (tertiary/aromatic N) is 3. The summed E-state index contributed by atoms with van der Waals surface area (Å²) >= 11 is 0. The molecule has 1 atom stereocenters. The first-order valence-corrected chi connectivity index (χ1v) is 9.39. The van der Waals surface area contributed by atoms with Crippen molar-refractivity contribution in [3.63, 3.8) is 0 Å². The second-order valence-electron chi connectivity index (χ2n) is 8.10. The molecule has 3 heterocycles. The van der Waals surface area contributed by atoms with Crippen molar-refractivity contribution in [2.45, 2.75) is 39.2 Å². The molecule has 0 aliphatic heterocycles. The molecule has 0 saturated carbocycles. The second-order valence-corrected chi connectivity index (χ2v) is 8.10. The number of rotatable bonds is 7. The number of ether oxygens (including phenoxy) is 1. The Bertz CT molecular complexity index is 1010. The van der Waals surface area contributed by atoms with Crippen LogP contribution in [0, 0.1) is 11.7 Å². The first kappa shape index (κ1) is 21.1. The molecule has 0 aliphatic rings. The van der Waals surface area contributed by atoms with Crippen LogP contribution in [0.3, 0.4) is 0 Å². The topological polar surface area (TPSA) is 66.0 Å². The molecule has 3 aromatic rings. The summed E-state index contributed by atoms with van der Waals surface area (Å²) in [6.45, 7) is 5.99. The molecule has 0 saturated heterocycles. The fourth-order valence-corrected chi connectivity index (χ4v) is 3.56. The Labute approximate surface area is 167 Å². The van der Waals surface area contributed by atoms with E-state index >= 15 is 0 Å². The third-order valence-corrected chi connectivity index (χ3v) is 4.58. The zero-order valence-electron chi connectivity index (χ0n) is 16.9. The van der Waals surface area contributed by atoms with Gasteiger partial charge in [0.15, 0.2) is 0 Å². The summed E-state index contributed by atoms with van der Waals surface area (Å²) in [5, 5.41) is 0.500. The zero-order valence-corrected chi connectivity index (χ0v) is 16.9.